The molecule has 0 aromatic carbocycles. The Hall–Kier alpha value is -1.03. The Labute approximate surface area is 151 Å². The number of aliphatic hydroxyl groups is 1. The first kappa shape index (κ1) is 17.4. The van der Waals surface area contributed by atoms with Crippen LogP contribution in [0.2, 0.25) is 0 Å². The summed E-state index contributed by atoms with van der Waals surface area (Å²) in [6, 6.07) is 0. The molecule has 0 aliphatic heterocycles. The first-order chi connectivity index (χ1) is 12.0. The highest BCUT2D eigenvalue weighted by molar-refractivity contribution is 5.60. The number of hydrogen-bond acceptors (Lipinski definition) is 4. The lowest BCUT2D eigenvalue weighted by atomic mass is 9.52. The minimum atomic E-state index is -0.494. The van der Waals surface area contributed by atoms with Gasteiger partial charge in [0.15, 0.2) is 0 Å². The molecule has 1 unspecified atom stereocenters. The van der Waals surface area contributed by atoms with E-state index in [2.05, 4.69) is 13.0 Å². The van der Waals surface area contributed by atoms with Crippen molar-refractivity contribution in [2.24, 2.45) is 29.1 Å². The summed E-state index contributed by atoms with van der Waals surface area (Å²) in [7, 11) is 0. The molecule has 4 heteroatoms. The summed E-state index contributed by atoms with van der Waals surface area (Å²) in [6.45, 7) is 4.54. The maximum atomic E-state index is 11.8. The van der Waals surface area contributed by atoms with Gasteiger partial charge >= 0.3 is 6.16 Å². The average Bonchev–Trinajstić information content (AvgIpc) is 2.91. The number of ether oxygens (including phenoxy) is 2. The summed E-state index contributed by atoms with van der Waals surface area (Å²) >= 11 is 0. The molecule has 4 rings (SSSR count). The Morgan fingerprint density at radius 2 is 2.04 bits per heavy atom. The van der Waals surface area contributed by atoms with Crippen LogP contribution in [0.5, 0.6) is 0 Å². The third kappa shape index (κ3) is 2.90. The molecule has 0 bridgehead atoms. The van der Waals surface area contributed by atoms with Gasteiger partial charge in [0, 0.05) is 5.41 Å². The van der Waals surface area contributed by atoms with Gasteiger partial charge in [-0.3, -0.25) is 0 Å². The fourth-order valence-corrected chi connectivity index (χ4v) is 6.73. The molecule has 3 saturated carbocycles. The van der Waals surface area contributed by atoms with Crippen LogP contribution in [0, 0.1) is 29.1 Å². The zero-order valence-corrected chi connectivity index (χ0v) is 15.6. The van der Waals surface area contributed by atoms with Crippen molar-refractivity contribution in [3.8, 4) is 0 Å². The number of carbonyl (C=O) groups excluding carboxylic acids is 1. The van der Waals surface area contributed by atoms with Gasteiger partial charge in [0.25, 0.3) is 0 Å². The van der Waals surface area contributed by atoms with Crippen LogP contribution in [0.15, 0.2) is 11.6 Å². The fraction of sp³-hybridized carbons (Fsp3) is 0.857. The van der Waals surface area contributed by atoms with Gasteiger partial charge in [0.1, 0.15) is 6.10 Å². The molecule has 1 N–H and O–H groups in total. The SMILES string of the molecule is CCOC(=O)O[C@H]1CC[C@H]2[C@@H]3CCC4=CC(O)CC[C@@H]4[C@H]3CC[C@]12C. The second-order valence-corrected chi connectivity index (χ2v) is 8.88. The van der Waals surface area contributed by atoms with Crippen LogP contribution in [-0.4, -0.2) is 30.1 Å². The van der Waals surface area contributed by atoms with Crippen LogP contribution >= 0.6 is 0 Å². The standard InChI is InChI=1S/C21H32O4/c1-3-24-20(23)25-19-9-8-18-17-6-4-13-12-14(22)5-7-15(13)16(17)10-11-21(18,19)2/h12,14-19,22H,3-11H2,1-2H3/t14?,15-,16+,17+,18-,19-,21-/m0/s1. The summed E-state index contributed by atoms with van der Waals surface area (Å²) in [4.78, 5) is 11.8. The highest BCUT2D eigenvalue weighted by Crippen LogP contribution is 2.62. The lowest BCUT2D eigenvalue weighted by Crippen LogP contribution is -2.48. The van der Waals surface area contributed by atoms with Gasteiger partial charge in [-0.1, -0.05) is 18.6 Å². The van der Waals surface area contributed by atoms with Gasteiger partial charge in [0.2, 0.25) is 0 Å². The van der Waals surface area contributed by atoms with E-state index in [9.17, 15) is 9.90 Å². The van der Waals surface area contributed by atoms with Gasteiger partial charge in [-0.2, -0.15) is 0 Å². The molecule has 25 heavy (non-hydrogen) atoms. The predicted molar refractivity (Wildman–Crippen MR) is 95.0 cm³/mol. The molecule has 0 aromatic rings. The van der Waals surface area contributed by atoms with Crippen LogP contribution in [0.4, 0.5) is 4.79 Å². The molecule has 0 amide bonds. The highest BCUT2D eigenvalue weighted by atomic mass is 16.7. The maximum Gasteiger partial charge on any atom is 0.508 e. The Morgan fingerprint density at radius 1 is 1.20 bits per heavy atom. The van der Waals surface area contributed by atoms with Crippen molar-refractivity contribution >= 4 is 6.16 Å². The Bertz CT molecular complexity index is 556. The average molecular weight is 348 g/mol. The molecule has 0 aromatic heterocycles. The van der Waals surface area contributed by atoms with E-state index in [-0.39, 0.29) is 17.6 Å². The van der Waals surface area contributed by atoms with Crippen molar-refractivity contribution < 1.29 is 19.4 Å². The molecule has 0 heterocycles. The van der Waals surface area contributed by atoms with Crippen molar-refractivity contribution in [2.45, 2.75) is 77.4 Å². The van der Waals surface area contributed by atoms with E-state index in [1.807, 2.05) is 6.92 Å². The summed E-state index contributed by atoms with van der Waals surface area (Å²) in [5, 5.41) is 9.96. The lowest BCUT2D eigenvalue weighted by Gasteiger charge is -2.53. The Morgan fingerprint density at radius 3 is 2.84 bits per heavy atom. The summed E-state index contributed by atoms with van der Waals surface area (Å²) in [5.41, 5.74) is 1.64. The zero-order valence-electron chi connectivity index (χ0n) is 15.6. The van der Waals surface area contributed by atoms with E-state index in [0.29, 0.717) is 18.4 Å². The molecular formula is C21H32O4. The third-order valence-corrected chi connectivity index (χ3v) is 7.85. The smallest absolute Gasteiger partial charge is 0.435 e. The molecule has 0 spiro atoms. The quantitative estimate of drug-likeness (QED) is 0.591. The van der Waals surface area contributed by atoms with Crippen LogP contribution < -0.4 is 0 Å². The maximum absolute atomic E-state index is 11.8. The molecule has 140 valence electrons. The number of hydrogen-bond donors (Lipinski definition) is 1. The van der Waals surface area contributed by atoms with E-state index in [1.165, 1.54) is 24.8 Å². The van der Waals surface area contributed by atoms with Crippen molar-refractivity contribution in [1.29, 1.82) is 0 Å². The monoisotopic (exact) mass is 348 g/mol. The van der Waals surface area contributed by atoms with E-state index in [1.54, 1.807) is 0 Å². The van der Waals surface area contributed by atoms with Crippen LogP contribution in [0.1, 0.15) is 65.2 Å². The first-order valence-corrected chi connectivity index (χ1v) is 10.2. The molecule has 0 radical (unpaired) electrons. The molecule has 4 aliphatic rings. The van der Waals surface area contributed by atoms with Gasteiger partial charge in [-0.05, 0) is 82.0 Å². The zero-order chi connectivity index (χ0) is 17.6. The van der Waals surface area contributed by atoms with Gasteiger partial charge < -0.3 is 14.6 Å². The molecular weight excluding hydrogens is 316 g/mol. The topological polar surface area (TPSA) is 55.8 Å². The number of aliphatic hydroxyl groups excluding tert-OH is 1. The number of rotatable bonds is 2. The van der Waals surface area contributed by atoms with Crippen LogP contribution in [0.3, 0.4) is 0 Å². The van der Waals surface area contributed by atoms with Crippen molar-refractivity contribution in [3.63, 3.8) is 0 Å². The highest BCUT2D eigenvalue weighted by Gasteiger charge is 2.57. The summed E-state index contributed by atoms with van der Waals surface area (Å²) in [6.07, 6.45) is 10.5. The van der Waals surface area contributed by atoms with Gasteiger partial charge in [-0.15, -0.1) is 0 Å². The molecule has 4 nitrogen and oxygen atoms in total. The minimum absolute atomic E-state index is 0.0163. The largest absolute Gasteiger partial charge is 0.508 e. The number of allylic oxidation sites excluding steroid dienone is 1. The van der Waals surface area contributed by atoms with E-state index >= 15 is 0 Å². The molecule has 4 aliphatic carbocycles. The first-order valence-electron chi connectivity index (χ1n) is 10.2. The number of carbonyl (C=O) groups is 1. The molecule has 0 saturated heterocycles. The molecule has 3 fully saturated rings. The van der Waals surface area contributed by atoms with Crippen molar-refractivity contribution in [3.05, 3.63) is 11.6 Å². The second kappa shape index (κ2) is 6.61. The molecule has 7 atom stereocenters. The normalized spacial score (nSPS) is 45.6. The second-order valence-electron chi connectivity index (χ2n) is 8.88. The fourth-order valence-electron chi connectivity index (χ4n) is 6.73. The summed E-state index contributed by atoms with van der Waals surface area (Å²) in [5.74, 6) is 2.88. The van der Waals surface area contributed by atoms with Gasteiger partial charge in [-0.25, -0.2) is 4.79 Å². The Kier molecular flexibility index (Phi) is 4.59. The lowest BCUT2D eigenvalue weighted by molar-refractivity contribution is -0.0730. The predicted octanol–water partition coefficient (Wildman–Crippen LogP) is 4.46. The van der Waals surface area contributed by atoms with Gasteiger partial charge in [0.05, 0.1) is 12.7 Å². The van der Waals surface area contributed by atoms with E-state index < -0.39 is 6.16 Å². The van der Waals surface area contributed by atoms with E-state index in [0.717, 1.165) is 43.9 Å². The third-order valence-electron chi connectivity index (χ3n) is 7.85. The Balaban J connectivity index is 1.50. The minimum Gasteiger partial charge on any atom is -0.435 e. The van der Waals surface area contributed by atoms with Crippen LogP contribution in [-0.2, 0) is 9.47 Å². The van der Waals surface area contributed by atoms with Crippen molar-refractivity contribution in [2.75, 3.05) is 6.61 Å². The van der Waals surface area contributed by atoms with Crippen molar-refractivity contribution in [1.82, 2.24) is 0 Å². The van der Waals surface area contributed by atoms with Crippen LogP contribution in [0.25, 0.3) is 0 Å². The number of fused-ring (bicyclic) bond motifs is 5. The summed E-state index contributed by atoms with van der Waals surface area (Å²) < 4.78 is 10.7. The van der Waals surface area contributed by atoms with E-state index in [4.69, 9.17) is 9.47 Å².